The Hall–Kier alpha value is -1.62. The summed E-state index contributed by atoms with van der Waals surface area (Å²) in [5.74, 6) is -1.34. The van der Waals surface area contributed by atoms with Crippen molar-refractivity contribution in [1.82, 2.24) is 5.32 Å². The van der Waals surface area contributed by atoms with Crippen molar-refractivity contribution >= 4 is 5.91 Å². The number of carbonyl (C=O) groups excluding carboxylic acids is 1. The van der Waals surface area contributed by atoms with E-state index < -0.39 is 11.7 Å². The molecule has 1 heterocycles. The molecule has 92 valence electrons. The van der Waals surface area contributed by atoms with Gasteiger partial charge in [0.15, 0.2) is 0 Å². The minimum Gasteiger partial charge on any atom is -0.507 e. The second kappa shape index (κ2) is 5.14. The first kappa shape index (κ1) is 11.9. The molecule has 1 aliphatic rings. The fourth-order valence-electron chi connectivity index (χ4n) is 1.80. The number of nitrogens with one attached hydrogen (secondary N) is 1. The zero-order chi connectivity index (χ0) is 12.3. The molecule has 4 nitrogen and oxygen atoms in total. The zero-order valence-electron chi connectivity index (χ0n) is 9.28. The number of halogens is 1. The van der Waals surface area contributed by atoms with Gasteiger partial charge in [-0.3, -0.25) is 4.79 Å². The molecule has 1 saturated heterocycles. The van der Waals surface area contributed by atoms with E-state index in [1.807, 2.05) is 0 Å². The Morgan fingerprint density at radius 3 is 3.06 bits per heavy atom. The lowest BCUT2D eigenvalue weighted by atomic mass is 10.1. The number of rotatable bonds is 3. The molecule has 0 aliphatic carbocycles. The van der Waals surface area contributed by atoms with Gasteiger partial charge >= 0.3 is 0 Å². The van der Waals surface area contributed by atoms with Gasteiger partial charge in [-0.05, 0) is 25.0 Å². The van der Waals surface area contributed by atoms with E-state index in [-0.39, 0.29) is 17.4 Å². The lowest BCUT2D eigenvalue weighted by Gasteiger charge is -2.11. The normalized spacial score (nSPS) is 19.2. The van der Waals surface area contributed by atoms with E-state index in [1.54, 1.807) is 0 Å². The number of hydrogen-bond donors (Lipinski definition) is 2. The van der Waals surface area contributed by atoms with E-state index in [2.05, 4.69) is 5.32 Å². The summed E-state index contributed by atoms with van der Waals surface area (Å²) in [5, 5.41) is 12.1. The van der Waals surface area contributed by atoms with Crippen LogP contribution in [0.5, 0.6) is 5.75 Å². The molecule has 5 heteroatoms. The molecular formula is C12H14FNO3. The van der Waals surface area contributed by atoms with E-state index in [0.29, 0.717) is 6.54 Å². The molecule has 1 fully saturated rings. The second-order valence-corrected chi connectivity index (χ2v) is 4.01. The van der Waals surface area contributed by atoms with Gasteiger partial charge in [-0.15, -0.1) is 0 Å². The third-order valence-corrected chi connectivity index (χ3v) is 2.72. The van der Waals surface area contributed by atoms with Crippen LogP contribution in [0.15, 0.2) is 18.2 Å². The van der Waals surface area contributed by atoms with Crippen molar-refractivity contribution in [1.29, 1.82) is 0 Å². The van der Waals surface area contributed by atoms with Crippen molar-refractivity contribution in [3.05, 3.63) is 29.6 Å². The number of ether oxygens (including phenoxy) is 1. The molecule has 1 unspecified atom stereocenters. The van der Waals surface area contributed by atoms with Gasteiger partial charge in [0, 0.05) is 19.2 Å². The maximum atomic E-state index is 12.7. The summed E-state index contributed by atoms with van der Waals surface area (Å²) in [6, 6.07) is 3.32. The van der Waals surface area contributed by atoms with Crippen LogP contribution in [-0.2, 0) is 4.74 Å². The number of phenolic OH excluding ortho intramolecular Hbond substituents is 1. The highest BCUT2D eigenvalue weighted by molar-refractivity contribution is 5.96. The van der Waals surface area contributed by atoms with Crippen LogP contribution in [0, 0.1) is 5.82 Å². The van der Waals surface area contributed by atoms with E-state index in [0.717, 1.165) is 31.6 Å². The van der Waals surface area contributed by atoms with Crippen LogP contribution in [0.4, 0.5) is 4.39 Å². The van der Waals surface area contributed by atoms with Crippen molar-refractivity contribution in [2.24, 2.45) is 0 Å². The van der Waals surface area contributed by atoms with Gasteiger partial charge in [0.25, 0.3) is 5.91 Å². The van der Waals surface area contributed by atoms with Gasteiger partial charge in [0.05, 0.1) is 11.7 Å². The molecule has 1 aliphatic heterocycles. The Kier molecular flexibility index (Phi) is 3.58. The Balaban J connectivity index is 1.94. The van der Waals surface area contributed by atoms with Crippen molar-refractivity contribution in [3.8, 4) is 5.75 Å². The first-order valence-electron chi connectivity index (χ1n) is 5.55. The van der Waals surface area contributed by atoms with Gasteiger partial charge in [0.1, 0.15) is 11.6 Å². The molecule has 0 bridgehead atoms. The van der Waals surface area contributed by atoms with Crippen LogP contribution in [0.3, 0.4) is 0 Å². The molecule has 2 N–H and O–H groups in total. The van der Waals surface area contributed by atoms with Crippen molar-refractivity contribution in [2.45, 2.75) is 18.9 Å². The average molecular weight is 239 g/mol. The summed E-state index contributed by atoms with van der Waals surface area (Å²) in [6.45, 7) is 1.14. The topological polar surface area (TPSA) is 58.6 Å². The second-order valence-electron chi connectivity index (χ2n) is 4.01. The van der Waals surface area contributed by atoms with Crippen LogP contribution in [0.2, 0.25) is 0 Å². The number of carbonyl (C=O) groups is 1. The highest BCUT2D eigenvalue weighted by atomic mass is 19.1. The highest BCUT2D eigenvalue weighted by Gasteiger charge is 2.18. The predicted molar refractivity (Wildman–Crippen MR) is 59.4 cm³/mol. The summed E-state index contributed by atoms with van der Waals surface area (Å²) in [5.41, 5.74) is 0.0735. The molecule has 1 aromatic carbocycles. The summed E-state index contributed by atoms with van der Waals surface area (Å²) in [4.78, 5) is 11.7. The van der Waals surface area contributed by atoms with Crippen LogP contribution < -0.4 is 5.32 Å². The Morgan fingerprint density at radius 2 is 2.41 bits per heavy atom. The smallest absolute Gasteiger partial charge is 0.255 e. The molecule has 2 rings (SSSR count). The largest absolute Gasteiger partial charge is 0.507 e. The van der Waals surface area contributed by atoms with Gasteiger partial charge in [-0.2, -0.15) is 0 Å². The zero-order valence-corrected chi connectivity index (χ0v) is 9.28. The SMILES string of the molecule is O=C(NCC1CCCO1)c1ccc(F)cc1O. The molecule has 0 saturated carbocycles. The minimum atomic E-state index is -0.571. The number of hydrogen-bond acceptors (Lipinski definition) is 3. The monoisotopic (exact) mass is 239 g/mol. The molecule has 17 heavy (non-hydrogen) atoms. The molecule has 1 atom stereocenters. The van der Waals surface area contributed by atoms with Crippen molar-refractivity contribution in [3.63, 3.8) is 0 Å². The first-order chi connectivity index (χ1) is 8.16. The quantitative estimate of drug-likeness (QED) is 0.839. The van der Waals surface area contributed by atoms with E-state index >= 15 is 0 Å². The molecule has 0 aromatic heterocycles. The lowest BCUT2D eigenvalue weighted by molar-refractivity contribution is 0.0855. The first-order valence-corrected chi connectivity index (χ1v) is 5.55. The Labute approximate surface area is 98.4 Å². The van der Waals surface area contributed by atoms with Gasteiger partial charge in [0.2, 0.25) is 0 Å². The highest BCUT2D eigenvalue weighted by Crippen LogP contribution is 2.18. The van der Waals surface area contributed by atoms with Gasteiger partial charge < -0.3 is 15.2 Å². The standard InChI is InChI=1S/C12H14FNO3/c13-8-3-4-10(11(15)6-8)12(16)14-7-9-2-1-5-17-9/h3-4,6,9,15H,1-2,5,7H2,(H,14,16). The minimum absolute atomic E-state index is 0.0431. The van der Waals surface area contributed by atoms with E-state index in [1.165, 1.54) is 6.07 Å². The average Bonchev–Trinajstić information content (AvgIpc) is 2.78. The van der Waals surface area contributed by atoms with Crippen molar-refractivity contribution < 1.29 is 19.0 Å². The summed E-state index contributed by atoms with van der Waals surface area (Å²) in [7, 11) is 0. The molecule has 1 amide bonds. The Bertz CT molecular complexity index is 416. The summed E-state index contributed by atoms with van der Waals surface area (Å²) < 4.78 is 18.1. The van der Waals surface area contributed by atoms with Gasteiger partial charge in [-0.25, -0.2) is 4.39 Å². The lowest BCUT2D eigenvalue weighted by Crippen LogP contribution is -2.31. The predicted octanol–water partition coefficient (Wildman–Crippen LogP) is 1.44. The summed E-state index contributed by atoms with van der Waals surface area (Å²) >= 11 is 0. The number of amides is 1. The van der Waals surface area contributed by atoms with Gasteiger partial charge in [-0.1, -0.05) is 0 Å². The molecule has 1 aromatic rings. The van der Waals surface area contributed by atoms with Crippen LogP contribution in [0.25, 0.3) is 0 Å². The molecule has 0 spiro atoms. The summed E-state index contributed by atoms with van der Waals surface area (Å²) in [6.07, 6.45) is 1.97. The van der Waals surface area contributed by atoms with Crippen LogP contribution >= 0.6 is 0 Å². The van der Waals surface area contributed by atoms with E-state index in [9.17, 15) is 14.3 Å². The maximum Gasteiger partial charge on any atom is 0.255 e. The molecule has 0 radical (unpaired) electrons. The Morgan fingerprint density at radius 1 is 1.59 bits per heavy atom. The third-order valence-electron chi connectivity index (χ3n) is 2.72. The van der Waals surface area contributed by atoms with Crippen molar-refractivity contribution in [2.75, 3.05) is 13.2 Å². The third kappa shape index (κ3) is 2.94. The number of aromatic hydroxyl groups is 1. The van der Waals surface area contributed by atoms with E-state index in [4.69, 9.17) is 4.74 Å². The van der Waals surface area contributed by atoms with Crippen LogP contribution in [0.1, 0.15) is 23.2 Å². The number of benzene rings is 1. The fraction of sp³-hybridized carbons (Fsp3) is 0.417. The maximum absolute atomic E-state index is 12.7. The number of phenols is 1. The molecular weight excluding hydrogens is 225 g/mol. The van der Waals surface area contributed by atoms with Crippen LogP contribution in [-0.4, -0.2) is 30.3 Å². The fourth-order valence-corrected chi connectivity index (χ4v) is 1.80.